The summed E-state index contributed by atoms with van der Waals surface area (Å²) in [6, 6.07) is 9.36. The zero-order valence-electron chi connectivity index (χ0n) is 13.7. The molecule has 1 N–H and O–H groups in total. The lowest BCUT2D eigenvalue weighted by atomic mass is 10.2. The third kappa shape index (κ3) is 6.06. The van der Waals surface area contributed by atoms with Gasteiger partial charge in [-0.2, -0.15) is 4.98 Å². The summed E-state index contributed by atoms with van der Waals surface area (Å²) < 4.78 is 9.74. The number of nitrogens with zero attached hydrogens (tertiary/aromatic N) is 2. The van der Waals surface area contributed by atoms with Gasteiger partial charge in [-0.15, -0.1) is 6.58 Å². The van der Waals surface area contributed by atoms with Gasteiger partial charge in [0.25, 0.3) is 0 Å². The summed E-state index contributed by atoms with van der Waals surface area (Å²) in [7, 11) is 2.18. The van der Waals surface area contributed by atoms with Crippen molar-refractivity contribution in [1.82, 2.24) is 9.97 Å². The zero-order valence-corrected chi connectivity index (χ0v) is 14.5. The normalized spacial score (nSPS) is 9.33. The van der Waals surface area contributed by atoms with Crippen molar-refractivity contribution in [3.63, 3.8) is 0 Å². The van der Waals surface area contributed by atoms with Crippen molar-refractivity contribution in [3.8, 4) is 5.88 Å². The molecule has 125 valence electrons. The average Bonchev–Trinajstić information content (AvgIpc) is 2.58. The van der Waals surface area contributed by atoms with E-state index in [9.17, 15) is 0 Å². The molecule has 0 atom stereocenters. The van der Waals surface area contributed by atoms with Crippen LogP contribution >= 0.6 is 11.6 Å². The first-order valence-corrected chi connectivity index (χ1v) is 7.46. The summed E-state index contributed by atoms with van der Waals surface area (Å²) in [6.45, 7) is 9.00. The number of halogens is 1. The highest BCUT2D eigenvalue weighted by atomic mass is 35.5. The van der Waals surface area contributed by atoms with Crippen LogP contribution in [0.5, 0.6) is 5.88 Å². The molecule has 5 nitrogen and oxygen atoms in total. The maximum absolute atomic E-state index is 8.29. The van der Waals surface area contributed by atoms with E-state index in [-0.39, 0.29) is 0 Å². The van der Waals surface area contributed by atoms with E-state index in [4.69, 9.17) is 21.4 Å². The van der Waals surface area contributed by atoms with Gasteiger partial charge in [0.05, 0.1) is 12.7 Å². The Hall–Kier alpha value is -2.31. The van der Waals surface area contributed by atoms with E-state index >= 15 is 0 Å². The van der Waals surface area contributed by atoms with E-state index in [2.05, 4.69) is 27.8 Å². The number of allylic oxidation sites excluding steroid dienone is 1. The molecule has 0 aliphatic rings. The van der Waals surface area contributed by atoms with Crippen LogP contribution < -0.4 is 4.74 Å². The molecule has 2 rings (SSSR count). The van der Waals surface area contributed by atoms with E-state index in [0.29, 0.717) is 36.7 Å². The Balaban J connectivity index is 0.000000243. The maximum Gasteiger partial charge on any atom is 0.569 e. The highest BCUT2D eigenvalue weighted by Crippen LogP contribution is 2.23. The molecular weight excluding hydrogens is 326 g/mol. The number of hydrogen-bond acceptors (Lipinski definition) is 5. The lowest BCUT2D eigenvalue weighted by Gasteiger charge is -2.07. The van der Waals surface area contributed by atoms with Crippen molar-refractivity contribution >= 4 is 25.0 Å². The molecular formula is C17H19BClN2O3. The SMILES string of the molecule is C=C(O[B]O)c1ccccc1.C=CCc1c(Cl)nc(C)nc1OC. The van der Waals surface area contributed by atoms with Crippen LogP contribution in [-0.4, -0.2) is 29.8 Å². The van der Waals surface area contributed by atoms with Crippen LogP contribution in [0.3, 0.4) is 0 Å². The van der Waals surface area contributed by atoms with Gasteiger partial charge in [0.1, 0.15) is 16.7 Å². The summed E-state index contributed by atoms with van der Waals surface area (Å²) >= 11 is 5.91. The number of methoxy groups -OCH3 is 1. The highest BCUT2D eigenvalue weighted by Gasteiger charge is 2.10. The molecule has 0 amide bonds. The number of benzene rings is 1. The Bertz CT molecular complexity index is 681. The van der Waals surface area contributed by atoms with Gasteiger partial charge in [-0.3, -0.25) is 0 Å². The minimum Gasteiger partial charge on any atom is -0.537 e. The van der Waals surface area contributed by atoms with Gasteiger partial charge in [0, 0.05) is 5.56 Å². The summed E-state index contributed by atoms with van der Waals surface area (Å²) in [4.78, 5) is 8.13. The third-order valence-electron chi connectivity index (χ3n) is 2.86. The molecule has 2 aromatic rings. The van der Waals surface area contributed by atoms with Gasteiger partial charge < -0.3 is 14.4 Å². The lowest BCUT2D eigenvalue weighted by molar-refractivity contribution is 0.391. The fourth-order valence-electron chi connectivity index (χ4n) is 1.78. The van der Waals surface area contributed by atoms with Crippen LogP contribution in [0, 0.1) is 6.92 Å². The molecule has 0 bridgehead atoms. The second kappa shape index (κ2) is 10.5. The number of rotatable bonds is 6. The van der Waals surface area contributed by atoms with E-state index < -0.39 is 0 Å². The molecule has 0 aliphatic carbocycles. The summed E-state index contributed by atoms with van der Waals surface area (Å²) in [5.74, 6) is 1.57. The molecule has 0 unspecified atom stereocenters. The number of aromatic nitrogens is 2. The highest BCUT2D eigenvalue weighted by molar-refractivity contribution is 6.30. The van der Waals surface area contributed by atoms with E-state index in [1.54, 1.807) is 20.1 Å². The van der Waals surface area contributed by atoms with Gasteiger partial charge in [-0.1, -0.05) is 54.6 Å². The molecule has 24 heavy (non-hydrogen) atoms. The number of hydrogen-bond donors (Lipinski definition) is 1. The molecule has 0 saturated carbocycles. The van der Waals surface area contributed by atoms with Crippen molar-refractivity contribution in [3.05, 3.63) is 71.7 Å². The molecule has 7 heteroatoms. The second-order valence-electron chi connectivity index (χ2n) is 4.55. The van der Waals surface area contributed by atoms with Gasteiger partial charge in [-0.25, -0.2) is 4.98 Å². The molecule has 1 radical (unpaired) electrons. The molecule has 1 heterocycles. The molecule has 1 aromatic heterocycles. The summed E-state index contributed by atoms with van der Waals surface area (Å²) in [6.07, 6.45) is 2.35. The van der Waals surface area contributed by atoms with Gasteiger partial charge in [-0.05, 0) is 13.3 Å². The number of ether oxygens (including phenoxy) is 1. The van der Waals surface area contributed by atoms with E-state index in [0.717, 1.165) is 11.1 Å². The van der Waals surface area contributed by atoms with Crippen LogP contribution in [0.25, 0.3) is 5.76 Å². The monoisotopic (exact) mass is 345 g/mol. The summed E-state index contributed by atoms with van der Waals surface area (Å²) in [5, 5.41) is 8.72. The Morgan fingerprint density at radius 2 is 2.00 bits per heavy atom. The van der Waals surface area contributed by atoms with Crippen LogP contribution in [0.1, 0.15) is 17.0 Å². The van der Waals surface area contributed by atoms with E-state index in [1.807, 2.05) is 30.3 Å². The maximum atomic E-state index is 8.29. The Labute approximate surface area is 147 Å². The van der Waals surface area contributed by atoms with Crippen LogP contribution in [0.2, 0.25) is 5.15 Å². The predicted octanol–water partition coefficient (Wildman–Crippen LogP) is 3.38. The Kier molecular flexibility index (Phi) is 8.61. The Morgan fingerprint density at radius 3 is 2.54 bits per heavy atom. The zero-order chi connectivity index (χ0) is 17.9. The van der Waals surface area contributed by atoms with E-state index in [1.165, 1.54) is 0 Å². The molecule has 0 spiro atoms. The van der Waals surface area contributed by atoms with Crippen LogP contribution in [0.15, 0.2) is 49.6 Å². The molecule has 0 saturated heterocycles. The largest absolute Gasteiger partial charge is 0.569 e. The first kappa shape index (κ1) is 19.7. The smallest absolute Gasteiger partial charge is 0.537 e. The molecule has 1 aromatic carbocycles. The van der Waals surface area contributed by atoms with Crippen molar-refractivity contribution in [2.75, 3.05) is 7.11 Å². The average molecular weight is 346 g/mol. The van der Waals surface area contributed by atoms with Crippen LogP contribution in [-0.2, 0) is 11.1 Å². The Morgan fingerprint density at radius 1 is 1.33 bits per heavy atom. The number of aryl methyl sites for hydroxylation is 1. The third-order valence-corrected chi connectivity index (χ3v) is 3.18. The lowest BCUT2D eigenvalue weighted by Crippen LogP contribution is -2.00. The van der Waals surface area contributed by atoms with Gasteiger partial charge >= 0.3 is 7.69 Å². The second-order valence-corrected chi connectivity index (χ2v) is 4.91. The first-order chi connectivity index (χ1) is 11.5. The van der Waals surface area contributed by atoms with Crippen molar-refractivity contribution in [2.45, 2.75) is 13.3 Å². The molecule has 0 aliphatic heterocycles. The minimum atomic E-state index is 0.434. The molecule has 0 fully saturated rings. The minimum absolute atomic E-state index is 0.434. The fourth-order valence-corrected chi connectivity index (χ4v) is 2.06. The van der Waals surface area contributed by atoms with Gasteiger partial charge in [0.2, 0.25) is 5.88 Å². The van der Waals surface area contributed by atoms with Crippen LogP contribution in [0.4, 0.5) is 0 Å². The quantitative estimate of drug-likeness (QED) is 0.376. The van der Waals surface area contributed by atoms with Gasteiger partial charge in [0.15, 0.2) is 0 Å². The fraction of sp³-hybridized carbons (Fsp3) is 0.176. The van der Waals surface area contributed by atoms with Crippen molar-refractivity contribution < 1.29 is 14.4 Å². The van der Waals surface area contributed by atoms with Crippen molar-refractivity contribution in [1.29, 1.82) is 0 Å². The van der Waals surface area contributed by atoms with Crippen molar-refractivity contribution in [2.24, 2.45) is 0 Å². The predicted molar refractivity (Wildman–Crippen MR) is 96.8 cm³/mol. The topological polar surface area (TPSA) is 64.5 Å². The summed E-state index contributed by atoms with van der Waals surface area (Å²) in [5.41, 5.74) is 1.64. The standard InChI is InChI=1S/C9H11ClN2O.C8H8BO2/c1-4-5-7-8(10)11-6(2)12-9(7)13-3;1-7(11-9-10)8-5-3-2-4-6-8/h4H,1,5H2,2-3H3;2-6,10H,1H2. The first-order valence-electron chi connectivity index (χ1n) is 7.08.